The van der Waals surface area contributed by atoms with Crippen LogP contribution in [0.1, 0.15) is 19.4 Å². The van der Waals surface area contributed by atoms with Gasteiger partial charge in [-0.05, 0) is 38.0 Å². The normalized spacial score (nSPS) is 12.0. The van der Waals surface area contributed by atoms with Gasteiger partial charge in [0.05, 0.1) is 13.2 Å². The van der Waals surface area contributed by atoms with Gasteiger partial charge in [-0.1, -0.05) is 6.07 Å². The highest BCUT2D eigenvalue weighted by atomic mass is 35.5. The van der Waals surface area contributed by atoms with Gasteiger partial charge in [0.15, 0.2) is 11.6 Å². The van der Waals surface area contributed by atoms with E-state index in [-0.39, 0.29) is 18.8 Å². The van der Waals surface area contributed by atoms with E-state index >= 15 is 0 Å². The molecule has 0 radical (unpaired) electrons. The Morgan fingerprint density at radius 2 is 2.11 bits per heavy atom. The van der Waals surface area contributed by atoms with Crippen LogP contribution in [0.4, 0.5) is 4.39 Å². The Balaban J connectivity index is 2.68. The van der Waals surface area contributed by atoms with Gasteiger partial charge in [-0.2, -0.15) is 0 Å². The maximum atomic E-state index is 13.6. The van der Waals surface area contributed by atoms with Crippen LogP contribution in [-0.2, 0) is 16.0 Å². The molecule has 1 rings (SSSR count). The maximum absolute atomic E-state index is 13.6. The summed E-state index contributed by atoms with van der Waals surface area (Å²) >= 11 is 5.87. The van der Waals surface area contributed by atoms with Gasteiger partial charge in [-0.25, -0.2) is 4.39 Å². The van der Waals surface area contributed by atoms with E-state index in [4.69, 9.17) is 21.1 Å². The summed E-state index contributed by atoms with van der Waals surface area (Å²) in [5.41, 5.74) is 0.629. The number of hydrogen-bond donors (Lipinski definition) is 0. The average molecular weight is 275 g/mol. The lowest BCUT2D eigenvalue weighted by Crippen LogP contribution is -2.20. The Kier molecular flexibility index (Phi) is 5.92. The summed E-state index contributed by atoms with van der Waals surface area (Å²) in [6.07, 6.45) is 0.226. The van der Waals surface area contributed by atoms with Crippen LogP contribution < -0.4 is 4.74 Å². The van der Waals surface area contributed by atoms with E-state index in [2.05, 4.69) is 0 Å². The first-order valence-electron chi connectivity index (χ1n) is 5.80. The molecule has 0 saturated carbocycles. The Bertz CT molecular complexity index is 409. The fourth-order valence-electron chi connectivity index (χ4n) is 1.47. The number of hydrogen-bond acceptors (Lipinski definition) is 3. The summed E-state index contributed by atoms with van der Waals surface area (Å²) in [5.74, 6) is -0.751. The van der Waals surface area contributed by atoms with Crippen LogP contribution in [0.15, 0.2) is 18.2 Å². The highest BCUT2D eigenvalue weighted by Gasteiger charge is 2.17. The van der Waals surface area contributed by atoms with Gasteiger partial charge in [-0.15, -0.1) is 11.6 Å². The number of halogens is 2. The van der Waals surface area contributed by atoms with Gasteiger partial charge in [0.25, 0.3) is 0 Å². The van der Waals surface area contributed by atoms with Crippen LogP contribution in [-0.4, -0.2) is 24.6 Å². The highest BCUT2D eigenvalue weighted by molar-refractivity contribution is 6.30. The third-order valence-electron chi connectivity index (χ3n) is 2.25. The first-order valence-corrected chi connectivity index (χ1v) is 6.24. The number of esters is 1. The van der Waals surface area contributed by atoms with E-state index in [9.17, 15) is 9.18 Å². The minimum Gasteiger partial charge on any atom is -0.491 e. The predicted octanol–water partition coefficient (Wildman–Crippen LogP) is 2.94. The molecule has 1 aromatic carbocycles. The molecule has 0 N–H and O–H groups in total. The second-order valence-electron chi connectivity index (χ2n) is 3.62. The smallest absolute Gasteiger partial charge is 0.324 e. The number of benzene rings is 1. The zero-order chi connectivity index (χ0) is 13.5. The Morgan fingerprint density at radius 3 is 2.67 bits per heavy atom. The molecule has 0 amide bonds. The van der Waals surface area contributed by atoms with Gasteiger partial charge >= 0.3 is 5.97 Å². The molecule has 100 valence electrons. The molecule has 1 unspecified atom stereocenters. The van der Waals surface area contributed by atoms with Gasteiger partial charge in [0, 0.05) is 0 Å². The second kappa shape index (κ2) is 7.21. The largest absolute Gasteiger partial charge is 0.491 e. The van der Waals surface area contributed by atoms with Crippen molar-refractivity contribution in [3.63, 3.8) is 0 Å². The average Bonchev–Trinajstić information content (AvgIpc) is 2.33. The van der Waals surface area contributed by atoms with E-state index in [1.54, 1.807) is 19.9 Å². The molecular weight excluding hydrogens is 259 g/mol. The van der Waals surface area contributed by atoms with Crippen molar-refractivity contribution < 1.29 is 18.7 Å². The molecule has 0 aliphatic rings. The predicted molar refractivity (Wildman–Crippen MR) is 67.5 cm³/mol. The molecule has 0 aromatic heterocycles. The molecule has 18 heavy (non-hydrogen) atoms. The van der Waals surface area contributed by atoms with Crippen LogP contribution in [0.25, 0.3) is 0 Å². The lowest BCUT2D eigenvalue weighted by atomic mass is 10.1. The van der Waals surface area contributed by atoms with Crippen LogP contribution in [0.3, 0.4) is 0 Å². The molecule has 5 heteroatoms. The van der Waals surface area contributed by atoms with Crippen LogP contribution in [0.2, 0.25) is 0 Å². The van der Waals surface area contributed by atoms with E-state index in [0.717, 1.165) is 0 Å². The third kappa shape index (κ3) is 4.18. The number of rotatable bonds is 6. The molecule has 1 aromatic rings. The molecule has 1 atom stereocenters. The van der Waals surface area contributed by atoms with Crippen LogP contribution in [0, 0.1) is 5.82 Å². The first kappa shape index (κ1) is 14.8. The molecule has 0 heterocycles. The number of carbonyl (C=O) groups is 1. The Labute approximate surface area is 111 Å². The third-order valence-corrected chi connectivity index (χ3v) is 2.59. The molecule has 0 aliphatic heterocycles. The summed E-state index contributed by atoms with van der Waals surface area (Å²) in [6, 6.07) is 4.53. The van der Waals surface area contributed by atoms with Gasteiger partial charge in [0.1, 0.15) is 5.38 Å². The SMILES string of the molecule is CCOC(=O)C(Cl)Cc1ccc(OCC)c(F)c1. The summed E-state index contributed by atoms with van der Waals surface area (Å²) in [6.45, 7) is 4.16. The summed E-state index contributed by atoms with van der Waals surface area (Å²) < 4.78 is 23.4. The standard InChI is InChI=1S/C13H16ClFO3/c1-3-17-12-6-5-9(8-11(12)15)7-10(14)13(16)18-4-2/h5-6,8,10H,3-4,7H2,1-2H3. The van der Waals surface area contributed by atoms with Crippen molar-refractivity contribution in [2.75, 3.05) is 13.2 Å². The quantitative estimate of drug-likeness (QED) is 0.591. The van der Waals surface area contributed by atoms with Crippen molar-refractivity contribution in [1.29, 1.82) is 0 Å². The van der Waals surface area contributed by atoms with Crippen molar-refractivity contribution in [2.45, 2.75) is 25.6 Å². The molecular formula is C13H16ClFO3. The number of alkyl halides is 1. The van der Waals surface area contributed by atoms with Gasteiger partial charge in [-0.3, -0.25) is 4.79 Å². The van der Waals surface area contributed by atoms with E-state index in [1.165, 1.54) is 12.1 Å². The zero-order valence-corrected chi connectivity index (χ0v) is 11.2. The maximum Gasteiger partial charge on any atom is 0.324 e. The first-order chi connectivity index (χ1) is 8.58. The second-order valence-corrected chi connectivity index (χ2v) is 4.15. The van der Waals surface area contributed by atoms with Crippen molar-refractivity contribution in [1.82, 2.24) is 0 Å². The van der Waals surface area contributed by atoms with Gasteiger partial charge in [0.2, 0.25) is 0 Å². The van der Waals surface area contributed by atoms with E-state index in [0.29, 0.717) is 12.2 Å². The Morgan fingerprint density at radius 1 is 1.39 bits per heavy atom. The van der Waals surface area contributed by atoms with E-state index in [1.807, 2.05) is 0 Å². The van der Waals surface area contributed by atoms with Crippen LogP contribution in [0.5, 0.6) is 5.75 Å². The summed E-state index contributed by atoms with van der Waals surface area (Å²) in [4.78, 5) is 11.3. The molecule has 0 saturated heterocycles. The van der Waals surface area contributed by atoms with Crippen molar-refractivity contribution in [2.24, 2.45) is 0 Å². The molecule has 0 fully saturated rings. The Hall–Kier alpha value is -1.29. The van der Waals surface area contributed by atoms with Crippen molar-refractivity contribution >= 4 is 17.6 Å². The fourth-order valence-corrected chi connectivity index (χ4v) is 1.71. The topological polar surface area (TPSA) is 35.5 Å². The molecule has 0 aliphatic carbocycles. The van der Waals surface area contributed by atoms with Crippen LogP contribution >= 0.6 is 11.6 Å². The number of carbonyl (C=O) groups excluding carboxylic acids is 1. The molecule has 0 bridgehead atoms. The monoisotopic (exact) mass is 274 g/mol. The highest BCUT2D eigenvalue weighted by Crippen LogP contribution is 2.20. The lowest BCUT2D eigenvalue weighted by molar-refractivity contribution is -0.142. The molecule has 3 nitrogen and oxygen atoms in total. The van der Waals surface area contributed by atoms with Crippen molar-refractivity contribution in [3.8, 4) is 5.75 Å². The summed E-state index contributed by atoms with van der Waals surface area (Å²) in [7, 11) is 0. The summed E-state index contributed by atoms with van der Waals surface area (Å²) in [5, 5.41) is -0.803. The minimum absolute atomic E-state index is 0.198. The lowest BCUT2D eigenvalue weighted by Gasteiger charge is -2.10. The van der Waals surface area contributed by atoms with Gasteiger partial charge < -0.3 is 9.47 Å². The fraction of sp³-hybridized carbons (Fsp3) is 0.462. The van der Waals surface area contributed by atoms with Crippen molar-refractivity contribution in [3.05, 3.63) is 29.6 Å². The minimum atomic E-state index is -0.803. The van der Waals surface area contributed by atoms with E-state index < -0.39 is 17.2 Å². The molecule has 0 spiro atoms. The zero-order valence-electron chi connectivity index (χ0n) is 10.4. The number of ether oxygens (including phenoxy) is 2.